The molecule has 0 N–H and O–H groups in total. The molecule has 0 aromatic carbocycles. The minimum Gasteiger partial charge on any atom is -0.475 e. The molecule has 1 atom stereocenters. The third-order valence-corrected chi connectivity index (χ3v) is 5.10. The fraction of sp³-hybridized carbons (Fsp3) is 0.364. The smallest absolute Gasteiger partial charge is 0.417 e. The first-order chi connectivity index (χ1) is 16.3. The molecule has 0 saturated carbocycles. The van der Waals surface area contributed by atoms with Gasteiger partial charge in [0, 0.05) is 43.8 Å². The normalized spacial score (nSPS) is 12.9. The van der Waals surface area contributed by atoms with Crippen LogP contribution in [0.1, 0.15) is 35.5 Å². The number of ether oxygens (including phenoxy) is 1. The van der Waals surface area contributed by atoms with Crippen molar-refractivity contribution >= 4 is 5.91 Å². The van der Waals surface area contributed by atoms with Crippen LogP contribution in [0.2, 0.25) is 0 Å². The minimum absolute atomic E-state index is 0.0646. The van der Waals surface area contributed by atoms with Gasteiger partial charge in [0.25, 0.3) is 5.91 Å². The highest BCUT2D eigenvalue weighted by molar-refractivity contribution is 5.99. The zero-order chi connectivity index (χ0) is 26.0. The van der Waals surface area contributed by atoms with Crippen molar-refractivity contribution < 1.29 is 35.9 Å². The standard InChI is InChI=1S/C22H21F6N5O2/c1-4-33(13(2)12-35-17-6-5-14(11-30-17)21(23,24)25)20(34)19-18(16-8-10-32(3)31-16)15(7-9-29-19)22(26,27)28/h5-11,13H,4,12H2,1-3H3/t13-/m0/s1. The topological polar surface area (TPSA) is 73.1 Å². The van der Waals surface area contributed by atoms with Gasteiger partial charge in [-0.1, -0.05) is 0 Å². The van der Waals surface area contributed by atoms with Crippen molar-refractivity contribution in [3.63, 3.8) is 0 Å². The van der Waals surface area contributed by atoms with E-state index >= 15 is 0 Å². The number of alkyl halides is 6. The summed E-state index contributed by atoms with van der Waals surface area (Å²) in [6.07, 6.45) is -6.34. The van der Waals surface area contributed by atoms with E-state index in [9.17, 15) is 31.1 Å². The first-order valence-electron chi connectivity index (χ1n) is 10.4. The first kappa shape index (κ1) is 26.0. The third-order valence-electron chi connectivity index (χ3n) is 5.10. The highest BCUT2D eigenvalue weighted by atomic mass is 19.4. The maximum atomic E-state index is 13.8. The Morgan fingerprint density at radius 3 is 2.31 bits per heavy atom. The van der Waals surface area contributed by atoms with Crippen LogP contribution in [0.5, 0.6) is 5.88 Å². The summed E-state index contributed by atoms with van der Waals surface area (Å²) in [5.41, 5.74) is -2.93. The van der Waals surface area contributed by atoms with Gasteiger partial charge in [-0.25, -0.2) is 4.98 Å². The highest BCUT2D eigenvalue weighted by Gasteiger charge is 2.38. The van der Waals surface area contributed by atoms with Gasteiger partial charge in [-0.3, -0.25) is 14.5 Å². The Labute approximate surface area is 196 Å². The van der Waals surface area contributed by atoms with Crippen LogP contribution < -0.4 is 4.74 Å². The summed E-state index contributed by atoms with van der Waals surface area (Å²) < 4.78 is 86.0. The number of nitrogens with zero attached hydrogens (tertiary/aromatic N) is 5. The van der Waals surface area contributed by atoms with Crippen molar-refractivity contribution in [3.8, 4) is 17.1 Å². The molecular formula is C22H21F6N5O2. The summed E-state index contributed by atoms with van der Waals surface area (Å²) in [6, 6.07) is 3.30. The summed E-state index contributed by atoms with van der Waals surface area (Å²) in [7, 11) is 1.53. The summed E-state index contributed by atoms with van der Waals surface area (Å²) >= 11 is 0. The molecule has 3 heterocycles. The SMILES string of the molecule is CCN(C(=O)c1nccc(C(F)(F)F)c1-c1ccn(C)n1)[C@@H](C)COc1ccc(C(F)(F)F)cn1. The molecule has 3 aromatic heterocycles. The fourth-order valence-electron chi connectivity index (χ4n) is 3.39. The molecular weight excluding hydrogens is 480 g/mol. The molecule has 188 valence electrons. The van der Waals surface area contributed by atoms with Crippen molar-refractivity contribution in [1.29, 1.82) is 0 Å². The van der Waals surface area contributed by atoms with Crippen LogP contribution >= 0.6 is 0 Å². The number of aromatic nitrogens is 4. The van der Waals surface area contributed by atoms with Crippen molar-refractivity contribution in [2.24, 2.45) is 7.05 Å². The first-order valence-corrected chi connectivity index (χ1v) is 10.4. The van der Waals surface area contributed by atoms with E-state index < -0.39 is 46.7 Å². The number of carbonyl (C=O) groups is 1. The van der Waals surface area contributed by atoms with E-state index in [-0.39, 0.29) is 24.7 Å². The maximum absolute atomic E-state index is 13.8. The van der Waals surface area contributed by atoms with E-state index in [0.717, 1.165) is 24.4 Å². The molecule has 13 heteroatoms. The lowest BCUT2D eigenvalue weighted by molar-refractivity contribution is -0.138. The number of hydrogen-bond donors (Lipinski definition) is 0. The van der Waals surface area contributed by atoms with Crippen LogP contribution in [-0.4, -0.2) is 49.7 Å². The third kappa shape index (κ3) is 5.89. The molecule has 35 heavy (non-hydrogen) atoms. The molecule has 0 aliphatic rings. The Bertz CT molecular complexity index is 1170. The Kier molecular flexibility index (Phi) is 7.36. The molecule has 3 aromatic rings. The van der Waals surface area contributed by atoms with Crippen LogP contribution in [0, 0.1) is 0 Å². The van der Waals surface area contributed by atoms with E-state index in [1.165, 1.54) is 28.9 Å². The van der Waals surface area contributed by atoms with Gasteiger partial charge in [-0.05, 0) is 32.0 Å². The molecule has 0 aliphatic heterocycles. The number of aryl methyl sites for hydroxylation is 1. The zero-order valence-corrected chi connectivity index (χ0v) is 18.9. The molecule has 0 spiro atoms. The number of rotatable bonds is 7. The maximum Gasteiger partial charge on any atom is 0.417 e. The van der Waals surface area contributed by atoms with Crippen LogP contribution in [0.15, 0.2) is 42.9 Å². The zero-order valence-electron chi connectivity index (χ0n) is 18.9. The largest absolute Gasteiger partial charge is 0.475 e. The van der Waals surface area contributed by atoms with Gasteiger partial charge in [-0.15, -0.1) is 0 Å². The van der Waals surface area contributed by atoms with Gasteiger partial charge in [0.2, 0.25) is 5.88 Å². The molecule has 0 saturated heterocycles. The average Bonchev–Trinajstić information content (AvgIpc) is 3.22. The van der Waals surface area contributed by atoms with E-state index in [0.29, 0.717) is 6.20 Å². The van der Waals surface area contributed by atoms with Crippen LogP contribution in [0.4, 0.5) is 26.3 Å². The van der Waals surface area contributed by atoms with Crippen molar-refractivity contribution in [2.45, 2.75) is 32.2 Å². The molecule has 0 unspecified atom stereocenters. The molecule has 3 rings (SSSR count). The molecule has 0 fully saturated rings. The second-order valence-corrected chi connectivity index (χ2v) is 7.59. The predicted molar refractivity (Wildman–Crippen MR) is 112 cm³/mol. The second-order valence-electron chi connectivity index (χ2n) is 7.59. The van der Waals surface area contributed by atoms with Crippen molar-refractivity contribution in [1.82, 2.24) is 24.6 Å². The lowest BCUT2D eigenvalue weighted by Gasteiger charge is -2.28. The molecule has 0 bridgehead atoms. The fourth-order valence-corrected chi connectivity index (χ4v) is 3.39. The Morgan fingerprint density at radius 2 is 1.80 bits per heavy atom. The van der Waals surface area contributed by atoms with Crippen molar-refractivity contribution in [2.75, 3.05) is 13.2 Å². The number of halogens is 6. The minimum atomic E-state index is -4.76. The summed E-state index contributed by atoms with van der Waals surface area (Å²) in [4.78, 5) is 22.1. The molecule has 0 aliphatic carbocycles. The number of amides is 1. The van der Waals surface area contributed by atoms with Crippen LogP contribution in [0.25, 0.3) is 11.3 Å². The van der Waals surface area contributed by atoms with E-state index in [1.54, 1.807) is 13.8 Å². The van der Waals surface area contributed by atoms with Crippen LogP contribution in [-0.2, 0) is 19.4 Å². The van der Waals surface area contributed by atoms with Gasteiger partial charge >= 0.3 is 12.4 Å². The second kappa shape index (κ2) is 9.92. The number of carbonyl (C=O) groups excluding carboxylic acids is 1. The lowest BCUT2D eigenvalue weighted by Crippen LogP contribution is -2.42. The van der Waals surface area contributed by atoms with Gasteiger partial charge < -0.3 is 9.64 Å². The summed E-state index contributed by atoms with van der Waals surface area (Å²) in [6.45, 7) is 3.14. The summed E-state index contributed by atoms with van der Waals surface area (Å²) in [5, 5.41) is 4.02. The van der Waals surface area contributed by atoms with Crippen molar-refractivity contribution in [3.05, 3.63) is 59.7 Å². The predicted octanol–water partition coefficient (Wildman–Crippen LogP) is 4.84. The van der Waals surface area contributed by atoms with Gasteiger partial charge in [0.1, 0.15) is 12.3 Å². The van der Waals surface area contributed by atoms with E-state index in [1.807, 2.05) is 0 Å². The van der Waals surface area contributed by atoms with Gasteiger partial charge in [0.05, 0.1) is 22.9 Å². The summed E-state index contributed by atoms with van der Waals surface area (Å²) in [5.74, 6) is -0.879. The number of pyridine rings is 2. The number of likely N-dealkylation sites (N-methyl/N-ethyl adjacent to an activating group) is 1. The number of hydrogen-bond acceptors (Lipinski definition) is 5. The average molecular weight is 501 g/mol. The Balaban J connectivity index is 1.87. The monoisotopic (exact) mass is 501 g/mol. The lowest BCUT2D eigenvalue weighted by atomic mass is 10.0. The van der Waals surface area contributed by atoms with Gasteiger partial charge in [-0.2, -0.15) is 31.4 Å². The highest BCUT2D eigenvalue weighted by Crippen LogP contribution is 2.38. The van der Waals surface area contributed by atoms with Crippen LogP contribution in [0.3, 0.4) is 0 Å². The Hall–Kier alpha value is -3.64. The van der Waals surface area contributed by atoms with Gasteiger partial charge in [0.15, 0.2) is 0 Å². The molecule has 1 amide bonds. The molecule has 0 radical (unpaired) electrons. The van der Waals surface area contributed by atoms with E-state index in [2.05, 4.69) is 15.1 Å². The Morgan fingerprint density at radius 1 is 1.09 bits per heavy atom. The quantitative estimate of drug-likeness (QED) is 0.433. The molecule has 7 nitrogen and oxygen atoms in total. The van der Waals surface area contributed by atoms with E-state index in [4.69, 9.17) is 4.74 Å².